The first-order valence-electron chi connectivity index (χ1n) is 10.7. The zero-order valence-corrected chi connectivity index (χ0v) is 17.6. The predicted molar refractivity (Wildman–Crippen MR) is 117 cm³/mol. The van der Waals surface area contributed by atoms with Gasteiger partial charge in [0.1, 0.15) is 17.5 Å². The topological polar surface area (TPSA) is 59.2 Å². The van der Waals surface area contributed by atoms with Crippen molar-refractivity contribution < 1.29 is 14.6 Å². The van der Waals surface area contributed by atoms with E-state index in [-0.39, 0.29) is 11.6 Å². The number of aliphatic hydroxyl groups excluding tert-OH is 1. The number of hydrogen-bond acceptors (Lipinski definition) is 5. The van der Waals surface area contributed by atoms with Crippen molar-refractivity contribution in [2.75, 3.05) is 27.3 Å². The van der Waals surface area contributed by atoms with Gasteiger partial charge < -0.3 is 19.1 Å². The molecule has 6 heteroatoms. The number of ether oxygens (including phenoxy) is 2. The number of aromatic nitrogens is 1. The van der Waals surface area contributed by atoms with E-state index in [1.165, 1.54) is 11.4 Å². The summed E-state index contributed by atoms with van der Waals surface area (Å²) >= 11 is 0. The second kappa shape index (κ2) is 7.69. The van der Waals surface area contributed by atoms with Gasteiger partial charge in [-0.2, -0.15) is 0 Å². The number of methoxy groups -OCH3 is 2. The van der Waals surface area contributed by atoms with Gasteiger partial charge in [0.25, 0.3) is 0 Å². The van der Waals surface area contributed by atoms with E-state index in [2.05, 4.69) is 33.9 Å². The lowest BCUT2D eigenvalue weighted by molar-refractivity contribution is -0.0239. The summed E-state index contributed by atoms with van der Waals surface area (Å²) in [4.78, 5) is 7.46. The maximum absolute atomic E-state index is 10.9. The predicted octanol–water partition coefficient (Wildman–Crippen LogP) is 3.58. The van der Waals surface area contributed by atoms with Gasteiger partial charge in [-0.3, -0.25) is 9.89 Å². The van der Waals surface area contributed by atoms with Crippen molar-refractivity contribution in [3.8, 4) is 5.75 Å². The molecule has 2 atom stereocenters. The van der Waals surface area contributed by atoms with E-state index >= 15 is 0 Å². The van der Waals surface area contributed by atoms with Gasteiger partial charge in [0.2, 0.25) is 0 Å². The van der Waals surface area contributed by atoms with Gasteiger partial charge in [0, 0.05) is 32.8 Å². The van der Waals surface area contributed by atoms with Crippen molar-refractivity contribution in [3.05, 3.63) is 59.9 Å². The fourth-order valence-corrected chi connectivity index (χ4v) is 5.06. The van der Waals surface area contributed by atoms with Crippen LogP contribution in [0.15, 0.2) is 53.7 Å². The standard InChI is InChI=1S/C24H29N3O3/c1-29-18-7-5-17(6-8-18)23(28)26-14-11-24(12-15-26)22-4-3-13-27(22)21-10-9-19(30-2)16-20(21)25-24/h3-8,10,13,19,23,28H,9,11-12,14-16H2,1-2H3. The number of fused-ring (bicyclic) bond motifs is 4. The van der Waals surface area contributed by atoms with Crippen LogP contribution in [0.2, 0.25) is 0 Å². The molecule has 0 amide bonds. The number of likely N-dealkylation sites (tertiary alicyclic amines) is 1. The normalized spacial score (nSPS) is 23.9. The van der Waals surface area contributed by atoms with Crippen molar-refractivity contribution in [2.45, 2.75) is 43.6 Å². The summed E-state index contributed by atoms with van der Waals surface area (Å²) < 4.78 is 13.2. The Balaban J connectivity index is 1.38. The molecule has 1 saturated heterocycles. The SMILES string of the molecule is COc1ccc(C(O)N2CCC3(CC2)N=C2CC(OC)CC=C2n2cccc23)cc1. The molecule has 1 fully saturated rings. The summed E-state index contributed by atoms with van der Waals surface area (Å²) in [6.45, 7) is 1.59. The fraction of sp³-hybridized carbons (Fsp3) is 0.458. The van der Waals surface area contributed by atoms with E-state index in [0.29, 0.717) is 0 Å². The van der Waals surface area contributed by atoms with Crippen molar-refractivity contribution >= 4 is 11.4 Å². The van der Waals surface area contributed by atoms with Gasteiger partial charge >= 0.3 is 0 Å². The van der Waals surface area contributed by atoms with Crippen LogP contribution in [0.4, 0.5) is 0 Å². The number of piperidine rings is 1. The Kier molecular flexibility index (Phi) is 5.01. The van der Waals surface area contributed by atoms with Gasteiger partial charge in [-0.1, -0.05) is 18.2 Å². The van der Waals surface area contributed by atoms with Crippen LogP contribution in [0.1, 0.15) is 43.2 Å². The van der Waals surface area contributed by atoms with E-state index < -0.39 is 6.23 Å². The molecule has 1 aliphatic carbocycles. The van der Waals surface area contributed by atoms with Crippen molar-refractivity contribution in [3.63, 3.8) is 0 Å². The second-order valence-corrected chi connectivity index (χ2v) is 8.42. The monoisotopic (exact) mass is 407 g/mol. The zero-order chi connectivity index (χ0) is 20.7. The van der Waals surface area contributed by atoms with Crippen LogP contribution in [-0.2, 0) is 10.3 Å². The zero-order valence-electron chi connectivity index (χ0n) is 17.6. The third-order valence-corrected chi connectivity index (χ3v) is 6.84. The van der Waals surface area contributed by atoms with Crippen LogP contribution >= 0.6 is 0 Å². The molecule has 1 aromatic heterocycles. The van der Waals surface area contributed by atoms with Gasteiger partial charge in [-0.15, -0.1) is 0 Å². The minimum Gasteiger partial charge on any atom is -0.497 e. The van der Waals surface area contributed by atoms with E-state index in [1.807, 2.05) is 24.3 Å². The summed E-state index contributed by atoms with van der Waals surface area (Å²) in [6.07, 6.45) is 7.57. The van der Waals surface area contributed by atoms with Gasteiger partial charge in [0.15, 0.2) is 0 Å². The first-order valence-corrected chi connectivity index (χ1v) is 10.7. The highest BCUT2D eigenvalue weighted by Gasteiger charge is 2.43. The lowest BCUT2D eigenvalue weighted by atomic mass is 9.81. The van der Waals surface area contributed by atoms with Gasteiger partial charge in [-0.05, 0) is 49.1 Å². The van der Waals surface area contributed by atoms with E-state index in [0.717, 1.165) is 55.8 Å². The van der Waals surface area contributed by atoms with Crippen LogP contribution in [0.3, 0.4) is 0 Å². The number of aliphatic hydroxyl groups is 1. The highest BCUT2D eigenvalue weighted by molar-refractivity contribution is 6.20. The number of benzene rings is 1. The van der Waals surface area contributed by atoms with Crippen LogP contribution < -0.4 is 4.74 Å². The molecule has 6 nitrogen and oxygen atoms in total. The molecular weight excluding hydrogens is 378 g/mol. The number of rotatable bonds is 4. The van der Waals surface area contributed by atoms with Crippen LogP contribution in [0.5, 0.6) is 5.75 Å². The Labute approximate surface area is 177 Å². The molecule has 3 heterocycles. The molecule has 2 unspecified atom stereocenters. The quantitative estimate of drug-likeness (QED) is 0.842. The minimum atomic E-state index is -0.612. The molecule has 1 N–H and O–H groups in total. The molecule has 0 radical (unpaired) electrons. The molecule has 5 rings (SSSR count). The maximum atomic E-state index is 10.9. The summed E-state index contributed by atoms with van der Waals surface area (Å²) in [5.74, 6) is 0.799. The smallest absolute Gasteiger partial charge is 0.133 e. The fourth-order valence-electron chi connectivity index (χ4n) is 5.06. The number of aliphatic imine (C=N–C) groups is 1. The summed E-state index contributed by atoms with van der Waals surface area (Å²) in [6, 6.07) is 12.0. The number of hydrogen-bond donors (Lipinski definition) is 1. The Bertz CT molecular complexity index is 968. The first kappa shape index (κ1) is 19.5. The van der Waals surface area contributed by atoms with Crippen molar-refractivity contribution in [2.24, 2.45) is 4.99 Å². The average molecular weight is 408 g/mol. The molecule has 30 heavy (non-hydrogen) atoms. The molecule has 3 aliphatic rings. The molecule has 0 saturated carbocycles. The first-order chi connectivity index (χ1) is 14.6. The Morgan fingerprint density at radius 1 is 1.13 bits per heavy atom. The third-order valence-electron chi connectivity index (χ3n) is 6.84. The highest BCUT2D eigenvalue weighted by atomic mass is 16.5. The van der Waals surface area contributed by atoms with E-state index in [9.17, 15) is 5.11 Å². The van der Waals surface area contributed by atoms with Crippen LogP contribution in [0.25, 0.3) is 5.70 Å². The van der Waals surface area contributed by atoms with Crippen molar-refractivity contribution in [1.82, 2.24) is 9.47 Å². The second-order valence-electron chi connectivity index (χ2n) is 8.42. The van der Waals surface area contributed by atoms with Crippen molar-refractivity contribution in [1.29, 1.82) is 0 Å². The molecule has 158 valence electrons. The molecule has 2 aliphatic heterocycles. The third kappa shape index (κ3) is 3.20. The molecular formula is C24H29N3O3. The van der Waals surface area contributed by atoms with Crippen LogP contribution in [-0.4, -0.2) is 53.7 Å². The minimum absolute atomic E-state index is 0.207. The largest absolute Gasteiger partial charge is 0.497 e. The maximum Gasteiger partial charge on any atom is 0.133 e. The summed E-state index contributed by atoms with van der Waals surface area (Å²) in [7, 11) is 3.43. The Hall–Kier alpha value is -2.41. The number of nitrogens with zero attached hydrogens (tertiary/aromatic N) is 3. The van der Waals surface area contributed by atoms with E-state index in [1.54, 1.807) is 14.2 Å². The average Bonchev–Trinajstić information content (AvgIpc) is 3.30. The van der Waals surface area contributed by atoms with Gasteiger partial charge in [0.05, 0.1) is 30.3 Å². The molecule has 2 aromatic rings. The lowest BCUT2D eigenvalue weighted by Gasteiger charge is -2.44. The molecule has 1 spiro atoms. The summed E-state index contributed by atoms with van der Waals surface area (Å²) in [5, 5.41) is 10.9. The van der Waals surface area contributed by atoms with Crippen LogP contribution in [0, 0.1) is 0 Å². The lowest BCUT2D eigenvalue weighted by Crippen LogP contribution is -2.46. The highest BCUT2D eigenvalue weighted by Crippen LogP contribution is 2.44. The Morgan fingerprint density at radius 3 is 2.60 bits per heavy atom. The number of allylic oxidation sites excluding steroid dienone is 1. The van der Waals surface area contributed by atoms with E-state index in [4.69, 9.17) is 14.5 Å². The molecule has 1 aromatic carbocycles. The van der Waals surface area contributed by atoms with Gasteiger partial charge in [-0.25, -0.2) is 0 Å². The summed E-state index contributed by atoms with van der Waals surface area (Å²) in [5.41, 5.74) is 4.31. The Morgan fingerprint density at radius 2 is 1.90 bits per heavy atom. The molecule has 0 bridgehead atoms.